The number of hydrogen-bond donors (Lipinski definition) is 2. The predicted molar refractivity (Wildman–Crippen MR) is 101 cm³/mol. The van der Waals surface area contributed by atoms with E-state index in [0.29, 0.717) is 0 Å². The zero-order valence-electron chi connectivity index (χ0n) is 15.2. The second-order valence-corrected chi connectivity index (χ2v) is 5.89. The Morgan fingerprint density at radius 2 is 1.12 bits per heavy atom. The molecule has 4 heteroatoms. The van der Waals surface area contributed by atoms with E-state index in [-0.39, 0.29) is 0 Å². The first kappa shape index (κ1) is 18.3. The van der Waals surface area contributed by atoms with Crippen molar-refractivity contribution in [2.45, 2.75) is 39.8 Å². The van der Waals surface area contributed by atoms with E-state index in [1.807, 2.05) is 14.1 Å². The molecule has 2 aromatic rings. The molecule has 2 N–H and O–H groups in total. The van der Waals surface area contributed by atoms with Gasteiger partial charge in [-0.05, 0) is 61.3 Å². The number of azo groups is 1. The molecule has 4 nitrogen and oxygen atoms in total. The van der Waals surface area contributed by atoms with Gasteiger partial charge in [-0.2, -0.15) is 10.2 Å². The molecule has 0 amide bonds. The van der Waals surface area contributed by atoms with Crippen LogP contribution in [0.15, 0.2) is 46.6 Å². The van der Waals surface area contributed by atoms with Crippen LogP contribution in [-0.4, -0.2) is 14.1 Å². The quantitative estimate of drug-likeness (QED) is 0.693. The second-order valence-electron chi connectivity index (χ2n) is 5.89. The summed E-state index contributed by atoms with van der Waals surface area (Å²) in [5.74, 6) is 0. The zero-order chi connectivity index (χ0) is 17.4. The molecule has 24 heavy (non-hydrogen) atoms. The number of nitrogens with zero attached hydrogens (tertiary/aromatic N) is 2. The van der Waals surface area contributed by atoms with E-state index in [1.54, 1.807) is 0 Å². The van der Waals surface area contributed by atoms with E-state index < -0.39 is 0 Å². The van der Waals surface area contributed by atoms with Crippen LogP contribution in [0.1, 0.15) is 36.1 Å². The van der Waals surface area contributed by atoms with Crippen molar-refractivity contribution in [3.63, 3.8) is 0 Å². The van der Waals surface area contributed by atoms with E-state index in [2.05, 4.69) is 71.1 Å². The molecule has 128 valence electrons. The van der Waals surface area contributed by atoms with Gasteiger partial charge in [0.2, 0.25) is 0 Å². The monoisotopic (exact) mass is 324 g/mol. The van der Waals surface area contributed by atoms with Gasteiger partial charge in [0.25, 0.3) is 0 Å². The van der Waals surface area contributed by atoms with Crippen LogP contribution in [0, 0.1) is 0 Å². The van der Waals surface area contributed by atoms with E-state index in [1.165, 1.54) is 22.3 Å². The van der Waals surface area contributed by atoms with E-state index in [4.69, 9.17) is 0 Å². The average molecular weight is 324 g/mol. The fourth-order valence-electron chi connectivity index (χ4n) is 2.74. The Labute approximate surface area is 145 Å². The maximum atomic E-state index is 4.58. The number of aryl methyl sites for hydroxylation is 2. The number of benzene rings is 2. The minimum atomic E-state index is 0.838. The lowest BCUT2D eigenvalue weighted by atomic mass is 10.1. The van der Waals surface area contributed by atoms with Crippen LogP contribution in [0.25, 0.3) is 0 Å². The smallest absolute Gasteiger partial charge is 0.0892 e. The minimum absolute atomic E-state index is 0.838. The van der Waals surface area contributed by atoms with Gasteiger partial charge in [-0.1, -0.05) is 38.1 Å². The van der Waals surface area contributed by atoms with Crippen molar-refractivity contribution >= 4 is 11.4 Å². The summed E-state index contributed by atoms with van der Waals surface area (Å²) in [6.45, 7) is 5.98. The van der Waals surface area contributed by atoms with Crippen molar-refractivity contribution in [1.29, 1.82) is 0 Å². The fourth-order valence-corrected chi connectivity index (χ4v) is 2.74. The normalized spacial score (nSPS) is 11.3. The molecule has 0 saturated carbocycles. The Bertz CT molecular complexity index is 633. The molecular formula is C20H28N4. The van der Waals surface area contributed by atoms with Crippen molar-refractivity contribution < 1.29 is 0 Å². The van der Waals surface area contributed by atoms with Gasteiger partial charge in [-0.15, -0.1) is 0 Å². The molecule has 0 saturated heterocycles. The molecule has 2 aromatic carbocycles. The Morgan fingerprint density at radius 1 is 0.708 bits per heavy atom. The predicted octanol–water partition coefficient (Wildman–Crippen LogP) is 4.67. The Kier molecular flexibility index (Phi) is 7.09. The number of nitrogens with one attached hydrogen (secondary N) is 2. The van der Waals surface area contributed by atoms with E-state index in [9.17, 15) is 0 Å². The lowest BCUT2D eigenvalue weighted by Crippen LogP contribution is -2.05. The first-order chi connectivity index (χ1) is 11.7. The Balaban J connectivity index is 2.35. The molecule has 0 spiro atoms. The van der Waals surface area contributed by atoms with Gasteiger partial charge < -0.3 is 10.6 Å². The summed E-state index contributed by atoms with van der Waals surface area (Å²) in [6, 6.07) is 12.9. The molecule has 2 rings (SSSR count). The van der Waals surface area contributed by atoms with E-state index >= 15 is 0 Å². The minimum Gasteiger partial charge on any atom is -0.316 e. The standard InChI is InChI=1S/C20H28N4/c1-5-17-9-7-15(13-21-3)11-19(17)23-24-20-12-16(14-22-4)8-10-18(20)6-2/h7-12,21-22H,5-6,13-14H2,1-4H3. The van der Waals surface area contributed by atoms with Gasteiger partial charge in [0.1, 0.15) is 0 Å². The summed E-state index contributed by atoms with van der Waals surface area (Å²) >= 11 is 0. The SMILES string of the molecule is CCc1ccc(CNC)cc1N=Nc1cc(CNC)ccc1CC. The summed E-state index contributed by atoms with van der Waals surface area (Å²) in [6.07, 6.45) is 1.91. The van der Waals surface area contributed by atoms with Crippen molar-refractivity contribution in [3.8, 4) is 0 Å². The lowest BCUT2D eigenvalue weighted by molar-refractivity contribution is 0.816. The molecule has 0 aliphatic heterocycles. The van der Waals surface area contributed by atoms with Gasteiger partial charge >= 0.3 is 0 Å². The molecule has 0 aliphatic rings. The highest BCUT2D eigenvalue weighted by Crippen LogP contribution is 2.27. The first-order valence-electron chi connectivity index (χ1n) is 8.66. The highest BCUT2D eigenvalue weighted by atomic mass is 15.1. The van der Waals surface area contributed by atoms with Crippen molar-refractivity contribution in [2.75, 3.05) is 14.1 Å². The Morgan fingerprint density at radius 3 is 1.46 bits per heavy atom. The molecule has 0 bridgehead atoms. The third kappa shape index (κ3) is 4.73. The van der Waals surface area contributed by atoms with Gasteiger partial charge in [-0.25, -0.2) is 0 Å². The molecule has 0 radical (unpaired) electrons. The summed E-state index contributed by atoms with van der Waals surface area (Å²) in [4.78, 5) is 0. The van der Waals surface area contributed by atoms with Crippen LogP contribution in [0.4, 0.5) is 11.4 Å². The Hall–Kier alpha value is -2.04. The highest BCUT2D eigenvalue weighted by Gasteiger charge is 2.05. The van der Waals surface area contributed by atoms with Crippen LogP contribution in [0.5, 0.6) is 0 Å². The van der Waals surface area contributed by atoms with Crippen molar-refractivity contribution in [1.82, 2.24) is 10.6 Å². The molecular weight excluding hydrogens is 296 g/mol. The summed E-state index contributed by atoms with van der Waals surface area (Å²) in [5.41, 5.74) is 6.83. The number of hydrogen-bond acceptors (Lipinski definition) is 4. The van der Waals surface area contributed by atoms with Crippen LogP contribution >= 0.6 is 0 Å². The molecule has 0 fully saturated rings. The lowest BCUT2D eigenvalue weighted by Gasteiger charge is -2.08. The highest BCUT2D eigenvalue weighted by molar-refractivity contribution is 5.51. The molecule has 0 aliphatic carbocycles. The summed E-state index contributed by atoms with van der Waals surface area (Å²) < 4.78 is 0. The van der Waals surface area contributed by atoms with Gasteiger partial charge in [0.15, 0.2) is 0 Å². The first-order valence-corrected chi connectivity index (χ1v) is 8.66. The maximum Gasteiger partial charge on any atom is 0.0892 e. The van der Waals surface area contributed by atoms with Gasteiger partial charge in [0, 0.05) is 13.1 Å². The van der Waals surface area contributed by atoms with Crippen molar-refractivity contribution in [2.24, 2.45) is 10.2 Å². The topological polar surface area (TPSA) is 48.8 Å². The molecule has 0 atom stereocenters. The largest absolute Gasteiger partial charge is 0.316 e. The molecule has 0 heterocycles. The van der Waals surface area contributed by atoms with Crippen LogP contribution in [-0.2, 0) is 25.9 Å². The van der Waals surface area contributed by atoms with Crippen molar-refractivity contribution in [3.05, 3.63) is 58.7 Å². The third-order valence-corrected chi connectivity index (χ3v) is 4.09. The fraction of sp³-hybridized carbons (Fsp3) is 0.400. The summed E-state index contributed by atoms with van der Waals surface area (Å²) in [7, 11) is 3.91. The second kappa shape index (κ2) is 9.30. The van der Waals surface area contributed by atoms with Gasteiger partial charge in [0.05, 0.1) is 11.4 Å². The zero-order valence-corrected chi connectivity index (χ0v) is 15.2. The maximum absolute atomic E-state index is 4.58. The number of rotatable bonds is 8. The summed E-state index contributed by atoms with van der Waals surface area (Å²) in [5, 5.41) is 15.5. The third-order valence-electron chi connectivity index (χ3n) is 4.09. The van der Waals surface area contributed by atoms with Crippen LogP contribution in [0.2, 0.25) is 0 Å². The van der Waals surface area contributed by atoms with Crippen LogP contribution in [0.3, 0.4) is 0 Å². The van der Waals surface area contributed by atoms with E-state index in [0.717, 1.165) is 37.3 Å². The van der Waals surface area contributed by atoms with Crippen LogP contribution < -0.4 is 10.6 Å². The molecule has 0 unspecified atom stereocenters. The average Bonchev–Trinajstić information content (AvgIpc) is 2.61. The van der Waals surface area contributed by atoms with Gasteiger partial charge in [-0.3, -0.25) is 0 Å². The molecule has 0 aromatic heterocycles.